The lowest BCUT2D eigenvalue weighted by Gasteiger charge is -2.04. The monoisotopic (exact) mass is 450 g/mol. The van der Waals surface area contributed by atoms with E-state index in [-0.39, 0.29) is 5.92 Å². The van der Waals surface area contributed by atoms with Gasteiger partial charge in [0.2, 0.25) is 0 Å². The maximum atomic E-state index is 5.97. The van der Waals surface area contributed by atoms with Crippen LogP contribution in [0.5, 0.6) is 0 Å². The highest BCUT2D eigenvalue weighted by atomic mass is 16.4. The van der Waals surface area contributed by atoms with Crippen molar-refractivity contribution in [1.82, 2.24) is 0 Å². The molecule has 0 radical (unpaired) electrons. The van der Waals surface area contributed by atoms with Gasteiger partial charge in [0.1, 0.15) is 34.6 Å². The molecule has 0 amide bonds. The van der Waals surface area contributed by atoms with Crippen LogP contribution < -0.4 is 0 Å². The molecule has 4 heterocycles. The van der Waals surface area contributed by atoms with E-state index in [0.717, 1.165) is 34.6 Å². The highest BCUT2D eigenvalue weighted by molar-refractivity contribution is 5.50. The van der Waals surface area contributed by atoms with Crippen molar-refractivity contribution in [3.05, 3.63) is 144 Å². The van der Waals surface area contributed by atoms with Gasteiger partial charge in [0, 0.05) is 0 Å². The van der Waals surface area contributed by atoms with E-state index in [1.807, 2.05) is 121 Å². The second-order valence-electron chi connectivity index (χ2n) is 7.44. The summed E-state index contributed by atoms with van der Waals surface area (Å²) in [6, 6.07) is 15.4. The molecule has 0 fully saturated rings. The Morgan fingerprint density at radius 1 is 0.500 bits per heavy atom. The van der Waals surface area contributed by atoms with E-state index in [1.165, 1.54) is 0 Å². The molecule has 4 aromatic heterocycles. The molecule has 0 bridgehead atoms. The lowest BCUT2D eigenvalue weighted by molar-refractivity contribution is 0.433. The molecule has 4 rings (SSSR count). The van der Waals surface area contributed by atoms with Crippen molar-refractivity contribution in [2.75, 3.05) is 0 Å². The van der Waals surface area contributed by atoms with Crippen LogP contribution in [0.4, 0.5) is 0 Å². The third-order valence-corrected chi connectivity index (χ3v) is 4.94. The normalized spacial score (nSPS) is 13.0. The van der Waals surface area contributed by atoms with E-state index in [0.29, 0.717) is 0 Å². The molecule has 0 aliphatic rings. The molecule has 0 aliphatic heterocycles. The third kappa shape index (κ3) is 6.78. The zero-order valence-corrected chi connectivity index (χ0v) is 18.9. The average Bonchev–Trinajstić information content (AvgIpc) is 3.66. The first-order chi connectivity index (χ1) is 16.8. The molecule has 0 saturated heterocycles. The molecule has 0 unspecified atom stereocenters. The lowest BCUT2D eigenvalue weighted by Crippen LogP contribution is -1.91. The fourth-order valence-corrected chi connectivity index (χ4v) is 3.15. The van der Waals surface area contributed by atoms with Crippen LogP contribution in [0.3, 0.4) is 0 Å². The van der Waals surface area contributed by atoms with Crippen molar-refractivity contribution in [1.29, 1.82) is 0 Å². The molecule has 34 heavy (non-hydrogen) atoms. The Morgan fingerprint density at radius 2 is 0.912 bits per heavy atom. The molecule has 0 aromatic carbocycles. The Labute approximate surface area is 199 Å². The van der Waals surface area contributed by atoms with Crippen LogP contribution >= 0.6 is 0 Å². The van der Waals surface area contributed by atoms with Gasteiger partial charge in [-0.05, 0) is 79.8 Å². The molecule has 0 spiro atoms. The summed E-state index contributed by atoms with van der Waals surface area (Å²) in [4.78, 5) is 0. The van der Waals surface area contributed by atoms with Crippen LogP contribution in [0.15, 0.2) is 127 Å². The summed E-state index contributed by atoms with van der Waals surface area (Å²) in [6.07, 6.45) is 26.5. The van der Waals surface area contributed by atoms with Gasteiger partial charge in [0.25, 0.3) is 0 Å². The predicted octanol–water partition coefficient (Wildman–Crippen LogP) is 8.78. The fourth-order valence-electron chi connectivity index (χ4n) is 3.15. The summed E-state index contributed by atoms with van der Waals surface area (Å²) < 4.78 is 22.4. The number of hydrogen-bond donors (Lipinski definition) is 0. The first-order valence-electron chi connectivity index (χ1n) is 11.1. The van der Waals surface area contributed by atoms with E-state index in [1.54, 1.807) is 12.5 Å². The van der Waals surface area contributed by atoms with Crippen molar-refractivity contribution < 1.29 is 17.7 Å². The van der Waals surface area contributed by atoms with Gasteiger partial charge in [-0.1, -0.05) is 48.6 Å². The summed E-state index contributed by atoms with van der Waals surface area (Å²) in [7, 11) is 0. The third-order valence-electron chi connectivity index (χ3n) is 4.94. The van der Waals surface area contributed by atoms with E-state index in [9.17, 15) is 0 Å². The molecular formula is C30H26O4. The standard InChI is InChI=1S/C30H26O4/c1-24(29-20-18-27(33-29)14-8-4-2-6-12-25-16-10-22-31-25)30-21-19-28(34-30)15-9-5-3-7-13-26-17-11-23-32-26/h2-24H,1H3/b4-2+,5-3+,12-6+,13-7+,14-8+,15-9+. The van der Waals surface area contributed by atoms with Gasteiger partial charge in [-0.15, -0.1) is 0 Å². The molecular weight excluding hydrogens is 424 g/mol. The Kier molecular flexibility index (Phi) is 8.01. The topological polar surface area (TPSA) is 52.6 Å². The van der Waals surface area contributed by atoms with Crippen LogP contribution in [-0.4, -0.2) is 0 Å². The summed E-state index contributed by atoms with van der Waals surface area (Å²) in [6.45, 7) is 2.07. The quantitative estimate of drug-likeness (QED) is 0.227. The zero-order chi connectivity index (χ0) is 23.4. The average molecular weight is 451 g/mol. The van der Waals surface area contributed by atoms with E-state index >= 15 is 0 Å². The maximum absolute atomic E-state index is 5.97. The Balaban J connectivity index is 1.27. The molecule has 0 N–H and O–H groups in total. The summed E-state index contributed by atoms with van der Waals surface area (Å²) in [5.74, 6) is 4.96. The smallest absolute Gasteiger partial charge is 0.127 e. The molecule has 0 atom stereocenters. The van der Waals surface area contributed by atoms with Gasteiger partial charge >= 0.3 is 0 Å². The number of rotatable bonds is 10. The summed E-state index contributed by atoms with van der Waals surface area (Å²) in [5.41, 5.74) is 0. The second kappa shape index (κ2) is 12.0. The maximum Gasteiger partial charge on any atom is 0.127 e. The molecule has 0 saturated carbocycles. The number of furan rings is 4. The van der Waals surface area contributed by atoms with Gasteiger partial charge in [-0.2, -0.15) is 0 Å². The van der Waals surface area contributed by atoms with Crippen molar-refractivity contribution >= 4 is 24.3 Å². The minimum Gasteiger partial charge on any atom is -0.465 e. The fraction of sp³-hybridized carbons (Fsp3) is 0.0667. The zero-order valence-electron chi connectivity index (χ0n) is 18.9. The summed E-state index contributed by atoms with van der Waals surface area (Å²) >= 11 is 0. The molecule has 4 heteroatoms. The van der Waals surface area contributed by atoms with Gasteiger partial charge in [-0.3, -0.25) is 0 Å². The van der Waals surface area contributed by atoms with E-state index in [4.69, 9.17) is 17.7 Å². The van der Waals surface area contributed by atoms with Crippen LogP contribution in [0, 0.1) is 0 Å². The molecule has 4 nitrogen and oxygen atoms in total. The van der Waals surface area contributed by atoms with Gasteiger partial charge in [0.15, 0.2) is 0 Å². The highest BCUT2D eigenvalue weighted by Crippen LogP contribution is 2.28. The minimum absolute atomic E-state index is 0.0165. The first kappa shape index (κ1) is 22.7. The van der Waals surface area contributed by atoms with Crippen LogP contribution in [0.2, 0.25) is 0 Å². The highest BCUT2D eigenvalue weighted by Gasteiger charge is 2.15. The van der Waals surface area contributed by atoms with E-state index < -0.39 is 0 Å². The summed E-state index contributed by atoms with van der Waals surface area (Å²) in [5, 5.41) is 0. The van der Waals surface area contributed by atoms with Crippen molar-refractivity contribution in [3.8, 4) is 0 Å². The minimum atomic E-state index is 0.0165. The van der Waals surface area contributed by atoms with Gasteiger partial charge < -0.3 is 17.7 Å². The van der Waals surface area contributed by atoms with E-state index in [2.05, 4.69) is 6.92 Å². The Morgan fingerprint density at radius 3 is 1.29 bits per heavy atom. The van der Waals surface area contributed by atoms with Gasteiger partial charge in [-0.25, -0.2) is 0 Å². The lowest BCUT2D eigenvalue weighted by atomic mass is 10.1. The number of allylic oxidation sites excluding steroid dienone is 8. The second-order valence-corrected chi connectivity index (χ2v) is 7.44. The molecule has 0 aliphatic carbocycles. The Hall–Kier alpha value is -4.44. The van der Waals surface area contributed by atoms with Crippen molar-refractivity contribution in [2.24, 2.45) is 0 Å². The van der Waals surface area contributed by atoms with Crippen LogP contribution in [-0.2, 0) is 0 Å². The number of hydrogen-bond acceptors (Lipinski definition) is 4. The molecule has 4 aromatic rings. The predicted molar refractivity (Wildman–Crippen MR) is 137 cm³/mol. The van der Waals surface area contributed by atoms with Crippen LogP contribution in [0.25, 0.3) is 24.3 Å². The SMILES string of the molecule is CC(c1ccc(/C=C/C=C/C=C/c2ccco2)o1)c1ccc(/C=C/C=C/C=C/c2ccco2)o1. The van der Waals surface area contributed by atoms with Gasteiger partial charge in [0.05, 0.1) is 18.4 Å². The molecule has 170 valence electrons. The first-order valence-corrected chi connectivity index (χ1v) is 11.1. The van der Waals surface area contributed by atoms with Crippen molar-refractivity contribution in [2.45, 2.75) is 12.8 Å². The largest absolute Gasteiger partial charge is 0.465 e. The van der Waals surface area contributed by atoms with Crippen LogP contribution in [0.1, 0.15) is 47.4 Å². The Bertz CT molecular complexity index is 1200. The van der Waals surface area contributed by atoms with Crippen molar-refractivity contribution in [3.63, 3.8) is 0 Å².